The van der Waals surface area contributed by atoms with Crippen molar-refractivity contribution >= 4 is 5.57 Å². The van der Waals surface area contributed by atoms with Crippen molar-refractivity contribution in [2.24, 2.45) is 0 Å². The number of benzene rings is 1. The van der Waals surface area contributed by atoms with Gasteiger partial charge in [0.15, 0.2) is 0 Å². The van der Waals surface area contributed by atoms with Crippen LogP contribution >= 0.6 is 0 Å². The number of fused-ring (bicyclic) bond motifs is 1. The van der Waals surface area contributed by atoms with E-state index in [4.69, 9.17) is 12.3 Å². The van der Waals surface area contributed by atoms with E-state index >= 15 is 0 Å². The summed E-state index contributed by atoms with van der Waals surface area (Å²) in [5.74, 6) is 0. The van der Waals surface area contributed by atoms with Gasteiger partial charge in [0.25, 0.3) is 0 Å². The SMILES string of the molecule is [2H]C([2H])([2H])C([2H])([2H])C([2H])([2H])C([2H])([2H])C1=C(CCN(C)C)Cc2ccccc21. The quantitative estimate of drug-likeness (QED) is 0.735. The fraction of sp³-hybridized carbons (Fsp3) is 0.529. The van der Waals surface area contributed by atoms with Crippen LogP contribution in [0, 0.1) is 0 Å². The summed E-state index contributed by atoms with van der Waals surface area (Å²) in [6, 6.07) is 7.06. The molecule has 18 heavy (non-hydrogen) atoms. The van der Waals surface area contributed by atoms with Crippen LogP contribution in [0.3, 0.4) is 0 Å². The van der Waals surface area contributed by atoms with Crippen LogP contribution in [0.2, 0.25) is 0 Å². The van der Waals surface area contributed by atoms with Crippen LogP contribution in [0.25, 0.3) is 5.57 Å². The standard InChI is InChI=1S/C17H25N/c1-4-5-9-16-15(11-12-18(2)3)13-14-8-6-7-10-17(14)16/h6-8,10H,4-5,9,11-13H2,1-3H3/i1D3,4D2,5D2,9D2. The Morgan fingerprint density at radius 2 is 2.17 bits per heavy atom. The molecule has 1 aromatic rings. The van der Waals surface area contributed by atoms with Gasteiger partial charge in [-0.2, -0.15) is 0 Å². The van der Waals surface area contributed by atoms with Crippen molar-refractivity contribution in [1.82, 2.24) is 4.90 Å². The van der Waals surface area contributed by atoms with Gasteiger partial charge in [-0.1, -0.05) is 43.1 Å². The third-order valence-electron chi connectivity index (χ3n) is 3.15. The molecule has 0 aromatic heterocycles. The minimum atomic E-state index is -3.36. The summed E-state index contributed by atoms with van der Waals surface area (Å²) in [6.45, 7) is -2.68. The second-order valence-electron chi connectivity index (χ2n) is 4.74. The molecule has 1 aliphatic carbocycles. The predicted molar refractivity (Wildman–Crippen MR) is 79.8 cm³/mol. The van der Waals surface area contributed by atoms with Gasteiger partial charge in [-0.3, -0.25) is 0 Å². The molecule has 1 nitrogen and oxygen atoms in total. The highest BCUT2D eigenvalue weighted by molar-refractivity contribution is 5.76. The molecule has 1 aromatic carbocycles. The molecule has 0 aliphatic heterocycles. The van der Waals surface area contributed by atoms with Gasteiger partial charge in [-0.15, -0.1) is 0 Å². The first-order chi connectivity index (χ1) is 12.1. The maximum absolute atomic E-state index is 8.54. The zero-order valence-corrected chi connectivity index (χ0v) is 10.9. The Balaban J connectivity index is 2.62. The molecule has 1 aliphatic rings. The Hall–Kier alpha value is -1.08. The molecule has 1 heteroatoms. The summed E-state index contributed by atoms with van der Waals surface area (Å²) < 4.78 is 71.5. The smallest absolute Gasteiger partial charge is 0.0316 e. The molecule has 98 valence electrons. The lowest BCUT2D eigenvalue weighted by atomic mass is 9.99. The lowest BCUT2D eigenvalue weighted by Gasteiger charge is -2.12. The molecule has 0 amide bonds. The van der Waals surface area contributed by atoms with Crippen LogP contribution in [0.1, 0.15) is 55.9 Å². The van der Waals surface area contributed by atoms with Crippen LogP contribution in [0.5, 0.6) is 0 Å². The fourth-order valence-corrected chi connectivity index (χ4v) is 2.25. The van der Waals surface area contributed by atoms with Gasteiger partial charge in [0.2, 0.25) is 0 Å². The van der Waals surface area contributed by atoms with E-state index < -0.39 is 26.0 Å². The summed E-state index contributed by atoms with van der Waals surface area (Å²) in [7, 11) is 3.76. The average Bonchev–Trinajstić information content (AvgIpc) is 2.90. The largest absolute Gasteiger partial charge is 0.309 e. The van der Waals surface area contributed by atoms with Crippen LogP contribution in [-0.2, 0) is 6.42 Å². The Labute approximate surface area is 124 Å². The first-order valence-electron chi connectivity index (χ1n) is 10.6. The van der Waals surface area contributed by atoms with Gasteiger partial charge in [0.1, 0.15) is 0 Å². The van der Waals surface area contributed by atoms with Crippen molar-refractivity contribution < 1.29 is 12.3 Å². The van der Waals surface area contributed by atoms with E-state index in [2.05, 4.69) is 0 Å². The molecule has 0 saturated carbocycles. The Kier molecular flexibility index (Phi) is 2.04. The molecule has 0 bridgehead atoms. The average molecular weight is 252 g/mol. The van der Waals surface area contributed by atoms with E-state index in [9.17, 15) is 0 Å². The Morgan fingerprint density at radius 1 is 1.33 bits per heavy atom. The number of hydrogen-bond donors (Lipinski definition) is 0. The summed E-state index contributed by atoms with van der Waals surface area (Å²) >= 11 is 0. The van der Waals surface area contributed by atoms with Gasteiger partial charge in [-0.05, 0) is 56.4 Å². The summed E-state index contributed by atoms with van der Waals surface area (Å²) in [5, 5.41) is 0. The molecule has 0 heterocycles. The summed E-state index contributed by atoms with van der Waals surface area (Å²) in [6.07, 6.45) is -8.50. The van der Waals surface area contributed by atoms with Gasteiger partial charge in [-0.25, -0.2) is 0 Å². The molecule has 0 unspecified atom stereocenters. The van der Waals surface area contributed by atoms with Crippen LogP contribution < -0.4 is 0 Å². The Morgan fingerprint density at radius 3 is 2.94 bits per heavy atom. The molecule has 0 radical (unpaired) electrons. The van der Waals surface area contributed by atoms with Crippen molar-refractivity contribution in [2.75, 3.05) is 20.6 Å². The highest BCUT2D eigenvalue weighted by Crippen LogP contribution is 2.37. The molecular formula is C17H25N. The topological polar surface area (TPSA) is 3.24 Å². The predicted octanol–water partition coefficient (Wildman–Crippen LogP) is 4.14. The summed E-state index contributed by atoms with van der Waals surface area (Å²) in [4.78, 5) is 1.93. The third-order valence-corrected chi connectivity index (χ3v) is 3.15. The van der Waals surface area contributed by atoms with Gasteiger partial charge in [0.05, 0.1) is 0 Å². The highest BCUT2D eigenvalue weighted by Gasteiger charge is 2.20. The molecule has 0 spiro atoms. The van der Waals surface area contributed by atoms with Gasteiger partial charge < -0.3 is 4.90 Å². The number of allylic oxidation sites excluding steroid dienone is 1. The van der Waals surface area contributed by atoms with E-state index in [1.807, 2.05) is 31.1 Å². The molecule has 2 rings (SSSR count). The highest BCUT2D eigenvalue weighted by atomic mass is 15.0. The second-order valence-corrected chi connectivity index (χ2v) is 4.74. The zero-order chi connectivity index (χ0) is 20.8. The molecular weight excluding hydrogens is 218 g/mol. The third kappa shape index (κ3) is 3.02. The van der Waals surface area contributed by atoms with E-state index in [0.717, 1.165) is 5.56 Å². The minimum absolute atomic E-state index is 0.0816. The van der Waals surface area contributed by atoms with E-state index in [-0.39, 0.29) is 5.57 Å². The molecule has 0 saturated heterocycles. The second kappa shape index (κ2) is 6.19. The lowest BCUT2D eigenvalue weighted by Crippen LogP contribution is -2.13. The van der Waals surface area contributed by atoms with Crippen molar-refractivity contribution in [3.05, 3.63) is 41.0 Å². The Bertz CT molecular complexity index is 732. The van der Waals surface area contributed by atoms with Gasteiger partial charge in [0, 0.05) is 18.9 Å². The first-order valence-corrected chi connectivity index (χ1v) is 6.10. The van der Waals surface area contributed by atoms with E-state index in [0.29, 0.717) is 30.5 Å². The zero-order valence-electron chi connectivity index (χ0n) is 19.9. The maximum Gasteiger partial charge on any atom is 0.0316 e. The number of hydrogen-bond acceptors (Lipinski definition) is 1. The van der Waals surface area contributed by atoms with Crippen molar-refractivity contribution in [1.29, 1.82) is 0 Å². The van der Waals surface area contributed by atoms with Crippen LogP contribution in [-0.4, -0.2) is 25.5 Å². The molecule has 0 atom stereocenters. The number of nitrogens with zero attached hydrogens (tertiary/aromatic N) is 1. The summed E-state index contributed by atoms with van der Waals surface area (Å²) in [5.41, 5.74) is 2.13. The maximum atomic E-state index is 8.54. The number of rotatable bonds is 6. The van der Waals surface area contributed by atoms with Crippen molar-refractivity contribution in [2.45, 2.75) is 38.8 Å². The van der Waals surface area contributed by atoms with Crippen LogP contribution in [0.15, 0.2) is 29.8 Å². The molecule has 0 fully saturated rings. The minimum Gasteiger partial charge on any atom is -0.309 e. The van der Waals surface area contributed by atoms with Crippen molar-refractivity contribution in [3.8, 4) is 0 Å². The lowest BCUT2D eigenvalue weighted by molar-refractivity contribution is 0.412. The molecule has 0 N–H and O–H groups in total. The first kappa shape index (κ1) is 5.92. The van der Waals surface area contributed by atoms with E-state index in [1.54, 1.807) is 12.1 Å². The normalized spacial score (nSPS) is 24.9. The van der Waals surface area contributed by atoms with Crippen LogP contribution in [0.4, 0.5) is 0 Å². The fourth-order valence-electron chi connectivity index (χ4n) is 2.25. The van der Waals surface area contributed by atoms with E-state index in [1.165, 1.54) is 0 Å². The van der Waals surface area contributed by atoms with Crippen molar-refractivity contribution in [3.63, 3.8) is 0 Å². The monoisotopic (exact) mass is 252 g/mol. The van der Waals surface area contributed by atoms with Gasteiger partial charge >= 0.3 is 0 Å².